The van der Waals surface area contributed by atoms with Gasteiger partial charge in [-0.15, -0.1) is 0 Å². The number of hydrogen-bond acceptors (Lipinski definition) is 4. The van der Waals surface area contributed by atoms with Crippen LogP contribution in [0.15, 0.2) is 76.3 Å². The fourth-order valence-corrected chi connectivity index (χ4v) is 3.70. The van der Waals surface area contributed by atoms with Crippen LogP contribution in [0.1, 0.15) is 0 Å². The maximum atomic E-state index is 13.4. The van der Waals surface area contributed by atoms with Crippen molar-refractivity contribution in [1.82, 2.24) is 14.2 Å². The van der Waals surface area contributed by atoms with Crippen molar-refractivity contribution < 1.29 is 4.74 Å². The topological polar surface area (TPSA) is 65.6 Å². The smallest absolute Gasteiger partial charge is 0.281 e. The Bertz CT molecular complexity index is 1540. The second-order valence-electron chi connectivity index (χ2n) is 6.57. The minimum absolute atomic E-state index is 0.0549. The van der Waals surface area contributed by atoms with Gasteiger partial charge in [0.1, 0.15) is 5.75 Å². The SMILES string of the molecule is COc1ccc(-n2c3cc(Cl)ccc3c(=O)c3nc4ccccc4c(=O)n32)cc1. The Labute approximate surface area is 169 Å². The van der Waals surface area contributed by atoms with E-state index in [9.17, 15) is 9.59 Å². The maximum Gasteiger partial charge on any atom is 0.281 e. The Hall–Kier alpha value is -3.64. The van der Waals surface area contributed by atoms with Crippen molar-refractivity contribution in [3.8, 4) is 11.4 Å². The molecule has 5 aromatic rings. The summed E-state index contributed by atoms with van der Waals surface area (Å²) in [6, 6.07) is 19.1. The highest BCUT2D eigenvalue weighted by molar-refractivity contribution is 6.31. The molecule has 0 saturated carbocycles. The first kappa shape index (κ1) is 17.5. The molecule has 142 valence electrons. The standard InChI is InChI=1S/C22H14ClN3O3/c1-29-15-9-7-14(8-10-15)25-19-12-13(23)6-11-17(19)20(27)21-24-18-5-3-2-4-16(18)22(28)26(21)25/h2-12H,1H3. The Kier molecular flexibility index (Phi) is 3.89. The molecule has 5 rings (SSSR count). The van der Waals surface area contributed by atoms with Crippen LogP contribution in [0.3, 0.4) is 0 Å². The van der Waals surface area contributed by atoms with E-state index in [4.69, 9.17) is 16.3 Å². The van der Waals surface area contributed by atoms with Gasteiger partial charge in [0.05, 0.1) is 34.6 Å². The molecule has 0 N–H and O–H groups in total. The molecule has 0 unspecified atom stereocenters. The lowest BCUT2D eigenvalue weighted by Crippen LogP contribution is -2.29. The molecule has 6 nitrogen and oxygen atoms in total. The van der Waals surface area contributed by atoms with Crippen molar-refractivity contribution in [2.24, 2.45) is 0 Å². The zero-order valence-electron chi connectivity index (χ0n) is 15.3. The van der Waals surface area contributed by atoms with Crippen LogP contribution in [0.2, 0.25) is 5.02 Å². The number of fused-ring (bicyclic) bond motifs is 3. The highest BCUT2D eigenvalue weighted by Gasteiger charge is 2.17. The van der Waals surface area contributed by atoms with E-state index in [0.717, 1.165) is 0 Å². The largest absolute Gasteiger partial charge is 0.497 e. The Morgan fingerprint density at radius 2 is 1.69 bits per heavy atom. The third-order valence-corrected chi connectivity index (χ3v) is 5.14. The summed E-state index contributed by atoms with van der Waals surface area (Å²) >= 11 is 6.23. The molecule has 0 aliphatic heterocycles. The van der Waals surface area contributed by atoms with Gasteiger partial charge >= 0.3 is 0 Å². The molecule has 0 bridgehead atoms. The van der Waals surface area contributed by atoms with Gasteiger partial charge in [0.25, 0.3) is 5.56 Å². The molecule has 7 heteroatoms. The summed E-state index contributed by atoms with van der Waals surface area (Å²) in [6.45, 7) is 0. The Morgan fingerprint density at radius 1 is 0.931 bits per heavy atom. The monoisotopic (exact) mass is 403 g/mol. The summed E-state index contributed by atoms with van der Waals surface area (Å²) in [7, 11) is 1.58. The van der Waals surface area contributed by atoms with E-state index in [1.54, 1.807) is 66.4 Å². The van der Waals surface area contributed by atoms with Gasteiger partial charge in [-0.05, 0) is 54.6 Å². The van der Waals surface area contributed by atoms with Crippen LogP contribution in [-0.4, -0.2) is 21.3 Å². The second kappa shape index (κ2) is 6.46. The molecule has 0 radical (unpaired) electrons. The van der Waals surface area contributed by atoms with E-state index in [-0.39, 0.29) is 16.6 Å². The number of ether oxygens (including phenoxy) is 1. The van der Waals surface area contributed by atoms with Crippen LogP contribution in [-0.2, 0) is 0 Å². The van der Waals surface area contributed by atoms with Gasteiger partial charge in [-0.25, -0.2) is 9.67 Å². The lowest BCUT2D eigenvalue weighted by molar-refractivity contribution is 0.414. The number of benzene rings is 3. The van der Waals surface area contributed by atoms with E-state index < -0.39 is 0 Å². The first-order chi connectivity index (χ1) is 14.1. The van der Waals surface area contributed by atoms with Crippen molar-refractivity contribution in [3.05, 3.63) is 92.3 Å². The highest BCUT2D eigenvalue weighted by Crippen LogP contribution is 2.23. The van der Waals surface area contributed by atoms with Gasteiger partial charge in [0.2, 0.25) is 11.1 Å². The normalized spacial score (nSPS) is 11.4. The van der Waals surface area contributed by atoms with Crippen molar-refractivity contribution >= 4 is 39.1 Å². The molecule has 0 spiro atoms. The van der Waals surface area contributed by atoms with Crippen molar-refractivity contribution in [3.63, 3.8) is 0 Å². The van der Waals surface area contributed by atoms with E-state index in [2.05, 4.69) is 4.98 Å². The maximum absolute atomic E-state index is 13.4. The number of para-hydroxylation sites is 1. The minimum Gasteiger partial charge on any atom is -0.497 e. The molecule has 0 aliphatic rings. The predicted octanol–water partition coefficient (Wildman–Crippen LogP) is 3.81. The molecule has 0 saturated heterocycles. The van der Waals surface area contributed by atoms with Gasteiger partial charge in [0.15, 0.2) is 0 Å². The summed E-state index contributed by atoms with van der Waals surface area (Å²) < 4.78 is 8.21. The summed E-state index contributed by atoms with van der Waals surface area (Å²) in [5.41, 5.74) is 1.05. The molecular weight excluding hydrogens is 390 g/mol. The average Bonchev–Trinajstić information content (AvgIpc) is 2.75. The minimum atomic E-state index is -0.333. The molecule has 2 aromatic heterocycles. The molecule has 2 heterocycles. The van der Waals surface area contributed by atoms with E-state index >= 15 is 0 Å². The first-order valence-electron chi connectivity index (χ1n) is 8.89. The zero-order chi connectivity index (χ0) is 20.1. The van der Waals surface area contributed by atoms with Crippen molar-refractivity contribution in [1.29, 1.82) is 0 Å². The molecule has 3 aromatic carbocycles. The van der Waals surface area contributed by atoms with E-state index in [0.29, 0.717) is 38.3 Å². The summed E-state index contributed by atoms with van der Waals surface area (Å²) in [6.07, 6.45) is 0. The first-order valence-corrected chi connectivity index (χ1v) is 9.27. The van der Waals surface area contributed by atoms with Crippen LogP contribution < -0.4 is 15.7 Å². The van der Waals surface area contributed by atoms with Gasteiger partial charge in [-0.1, -0.05) is 23.7 Å². The average molecular weight is 404 g/mol. The second-order valence-corrected chi connectivity index (χ2v) is 7.01. The Morgan fingerprint density at radius 3 is 2.45 bits per heavy atom. The van der Waals surface area contributed by atoms with Crippen LogP contribution in [0.5, 0.6) is 5.75 Å². The summed E-state index contributed by atoms with van der Waals surface area (Å²) in [4.78, 5) is 31.1. The lowest BCUT2D eigenvalue weighted by Gasteiger charge is -2.17. The quantitative estimate of drug-likeness (QED) is 0.420. The number of aromatic nitrogens is 3. The number of nitrogens with zero attached hydrogens (tertiary/aromatic N) is 3. The third-order valence-electron chi connectivity index (χ3n) is 4.91. The predicted molar refractivity (Wildman–Crippen MR) is 114 cm³/mol. The van der Waals surface area contributed by atoms with E-state index in [1.807, 2.05) is 12.1 Å². The molecule has 0 fully saturated rings. The number of rotatable bonds is 2. The van der Waals surface area contributed by atoms with Crippen LogP contribution >= 0.6 is 11.6 Å². The zero-order valence-corrected chi connectivity index (χ0v) is 16.1. The molecule has 29 heavy (non-hydrogen) atoms. The number of hydrogen-bond donors (Lipinski definition) is 0. The molecule has 0 atom stereocenters. The summed E-state index contributed by atoms with van der Waals surface area (Å²) in [5, 5.41) is 1.31. The van der Waals surface area contributed by atoms with Crippen LogP contribution in [0, 0.1) is 0 Å². The number of methoxy groups -OCH3 is 1. The fraction of sp³-hybridized carbons (Fsp3) is 0.0455. The van der Waals surface area contributed by atoms with Gasteiger partial charge in [-0.2, -0.15) is 4.52 Å². The Balaban J connectivity index is 2.07. The highest BCUT2D eigenvalue weighted by atomic mass is 35.5. The van der Waals surface area contributed by atoms with Crippen LogP contribution in [0.4, 0.5) is 0 Å². The number of halogens is 1. The van der Waals surface area contributed by atoms with Gasteiger partial charge in [-0.3, -0.25) is 9.59 Å². The van der Waals surface area contributed by atoms with Gasteiger partial charge in [0, 0.05) is 5.02 Å². The van der Waals surface area contributed by atoms with Gasteiger partial charge < -0.3 is 4.74 Å². The van der Waals surface area contributed by atoms with Crippen molar-refractivity contribution in [2.75, 3.05) is 7.11 Å². The molecular formula is C22H14ClN3O3. The van der Waals surface area contributed by atoms with E-state index in [1.165, 1.54) is 4.52 Å². The lowest BCUT2D eigenvalue weighted by atomic mass is 10.2. The summed E-state index contributed by atoms with van der Waals surface area (Å²) in [5.74, 6) is 0.678. The van der Waals surface area contributed by atoms with Crippen LogP contribution in [0.25, 0.3) is 33.1 Å². The molecule has 0 amide bonds. The van der Waals surface area contributed by atoms with Crippen molar-refractivity contribution in [2.45, 2.75) is 0 Å². The molecule has 0 aliphatic carbocycles. The third kappa shape index (κ3) is 2.61. The fourth-order valence-electron chi connectivity index (χ4n) is 3.53.